The zero-order valence-corrected chi connectivity index (χ0v) is 46.2. The van der Waals surface area contributed by atoms with Crippen LogP contribution >= 0.6 is 0 Å². The first-order valence-electron chi connectivity index (χ1n) is 26.5. The number of halogens is 8. The Morgan fingerprint density at radius 3 is 1.99 bits per heavy atom. The van der Waals surface area contributed by atoms with Gasteiger partial charge < -0.3 is 27.4 Å². The van der Waals surface area contributed by atoms with Gasteiger partial charge in [0.25, 0.3) is 11.8 Å². The lowest BCUT2D eigenvalue weighted by atomic mass is 9.91. The van der Waals surface area contributed by atoms with Gasteiger partial charge in [-0.1, -0.05) is 48.0 Å². The van der Waals surface area contributed by atoms with Crippen molar-refractivity contribution >= 4 is 45.1 Å². The fourth-order valence-corrected chi connectivity index (χ4v) is 12.5. The highest BCUT2D eigenvalue weighted by Crippen LogP contribution is 2.41. The van der Waals surface area contributed by atoms with Crippen LogP contribution in [-0.4, -0.2) is 63.5 Å². The van der Waals surface area contributed by atoms with Crippen molar-refractivity contribution in [1.82, 2.24) is 30.4 Å². The standard InChI is InChI=1S/C61H49F8N9O7S/c1-29-15-30(2)54-39(16-29)40(60(83)76-54)25-51(79)74-49(55-37(7-4-13-72-55)33-8-10-44(63)41(22-33)58(70)81)21-32-18-46(65)53(47(66)19-32)35-24-38(34-9-11-45(64)42(23-34)59(71)82)56(73-26-35)48(20-31-5-3-6-36(62)17-31)75-52(80)27-78-50-12-14-86(84,85)28-43(50)57(77-78)61(67,68)69/h3-11,13,15-19,22-24,26,40,48-49H,12,14,20-21,25,27-28H2,1-2H3,(H2,70,81)(H2,71,82)(H,74,79)(H,75,80)(H,76,83)/t40?,48-,49-/m0/s1. The molecule has 5 heterocycles. The van der Waals surface area contributed by atoms with Gasteiger partial charge in [0.1, 0.15) is 35.6 Å². The first-order valence-corrected chi connectivity index (χ1v) is 28.3. The third-order valence-corrected chi connectivity index (χ3v) is 16.5. The number of benzene rings is 5. The number of hydrogen-bond acceptors (Lipinski definition) is 10. The highest BCUT2D eigenvalue weighted by molar-refractivity contribution is 7.90. The first kappa shape index (κ1) is 59.5. The number of alkyl halides is 3. The van der Waals surface area contributed by atoms with E-state index in [1.54, 1.807) is 12.1 Å². The van der Waals surface area contributed by atoms with Crippen LogP contribution in [0.15, 0.2) is 116 Å². The average Bonchev–Trinajstić information content (AvgIpc) is 1.54. The number of nitrogens with zero attached hydrogens (tertiary/aromatic N) is 4. The molecule has 5 aromatic carbocycles. The number of carbonyl (C=O) groups is 5. The molecule has 0 saturated carbocycles. The van der Waals surface area contributed by atoms with E-state index < -0.39 is 145 Å². The summed E-state index contributed by atoms with van der Waals surface area (Å²) in [5.41, 5.74) is 9.93. The molecule has 0 saturated heterocycles. The zero-order valence-electron chi connectivity index (χ0n) is 45.4. The maximum atomic E-state index is 17.1. The van der Waals surface area contributed by atoms with Crippen LogP contribution in [0.2, 0.25) is 0 Å². The summed E-state index contributed by atoms with van der Waals surface area (Å²) in [5, 5.41) is 12.0. The molecule has 0 aliphatic carbocycles. The summed E-state index contributed by atoms with van der Waals surface area (Å²) >= 11 is 0. The van der Waals surface area contributed by atoms with Crippen LogP contribution in [0.1, 0.15) is 101 Å². The first-order chi connectivity index (χ1) is 40.7. The van der Waals surface area contributed by atoms with E-state index in [1.165, 1.54) is 48.7 Å². The maximum Gasteiger partial charge on any atom is 0.435 e. The Labute approximate surface area is 485 Å². The minimum atomic E-state index is -5.10. The van der Waals surface area contributed by atoms with Crippen molar-refractivity contribution in [2.24, 2.45) is 11.5 Å². The second kappa shape index (κ2) is 23.4. The van der Waals surface area contributed by atoms with Gasteiger partial charge >= 0.3 is 6.18 Å². The van der Waals surface area contributed by atoms with Gasteiger partial charge in [-0.2, -0.15) is 18.3 Å². The third-order valence-electron chi connectivity index (χ3n) is 14.9. The van der Waals surface area contributed by atoms with Gasteiger partial charge in [-0.25, -0.2) is 30.4 Å². The molecule has 7 N–H and O–H groups in total. The Kier molecular flexibility index (Phi) is 16.2. The Hall–Kier alpha value is -9.65. The summed E-state index contributed by atoms with van der Waals surface area (Å²) in [6.07, 6.45) is -4.17. The Morgan fingerprint density at radius 1 is 0.721 bits per heavy atom. The number of pyridine rings is 2. The predicted molar refractivity (Wildman–Crippen MR) is 298 cm³/mol. The van der Waals surface area contributed by atoms with E-state index in [0.29, 0.717) is 11.3 Å². The number of hydrogen-bond donors (Lipinski definition) is 5. The number of carbonyl (C=O) groups excluding carboxylic acids is 5. The van der Waals surface area contributed by atoms with Gasteiger partial charge in [-0.15, -0.1) is 0 Å². The molecule has 3 atom stereocenters. The topological polar surface area (TPSA) is 251 Å². The van der Waals surface area contributed by atoms with Crippen molar-refractivity contribution in [2.75, 3.05) is 11.1 Å². The molecule has 5 amide bonds. The lowest BCUT2D eigenvalue weighted by molar-refractivity contribution is -0.142. The molecule has 3 aromatic heterocycles. The molecule has 25 heteroatoms. The van der Waals surface area contributed by atoms with Crippen LogP contribution in [0, 0.1) is 42.9 Å². The van der Waals surface area contributed by atoms with Crippen molar-refractivity contribution in [1.29, 1.82) is 0 Å². The van der Waals surface area contributed by atoms with Crippen LogP contribution in [-0.2, 0) is 62.0 Å². The molecular formula is C61H49F8N9O7S. The van der Waals surface area contributed by atoms with Gasteiger partial charge in [0, 0.05) is 58.9 Å². The van der Waals surface area contributed by atoms with Gasteiger partial charge in [-0.3, -0.25) is 38.6 Å². The summed E-state index contributed by atoms with van der Waals surface area (Å²) in [5.74, 6) is -11.9. The second-order valence-electron chi connectivity index (χ2n) is 21.0. The number of aromatic nitrogens is 4. The Bertz CT molecular complexity index is 4230. The number of amides is 5. The average molecular weight is 1200 g/mol. The van der Waals surface area contributed by atoms with E-state index >= 15 is 13.2 Å². The maximum absolute atomic E-state index is 17.1. The predicted octanol–water partition coefficient (Wildman–Crippen LogP) is 9.30. The fraction of sp³-hybridized carbons (Fsp3) is 0.213. The van der Waals surface area contributed by atoms with Crippen molar-refractivity contribution in [3.63, 3.8) is 0 Å². The molecule has 442 valence electrons. The second-order valence-corrected chi connectivity index (χ2v) is 23.2. The molecule has 0 spiro atoms. The number of aryl methyl sites for hydroxylation is 2. The Morgan fingerprint density at radius 2 is 1.35 bits per heavy atom. The molecule has 10 rings (SSSR count). The number of nitrogens with one attached hydrogen (secondary N) is 3. The number of fused-ring (bicyclic) bond motifs is 2. The number of sulfone groups is 1. The van der Waals surface area contributed by atoms with Gasteiger partial charge in [0.2, 0.25) is 17.7 Å². The van der Waals surface area contributed by atoms with E-state index in [9.17, 15) is 54.3 Å². The highest BCUT2D eigenvalue weighted by Gasteiger charge is 2.42. The van der Waals surface area contributed by atoms with Crippen molar-refractivity contribution in [3.05, 3.63) is 212 Å². The van der Waals surface area contributed by atoms with Crippen LogP contribution in [0.3, 0.4) is 0 Å². The summed E-state index contributed by atoms with van der Waals surface area (Å²) in [6.45, 7) is 2.75. The minimum Gasteiger partial charge on any atom is -0.366 e. The van der Waals surface area contributed by atoms with Crippen molar-refractivity contribution in [2.45, 2.75) is 76.0 Å². The van der Waals surface area contributed by atoms with E-state index in [2.05, 4.69) is 31.0 Å². The van der Waals surface area contributed by atoms with Crippen molar-refractivity contribution < 1.29 is 67.5 Å². The van der Waals surface area contributed by atoms with Crippen LogP contribution in [0.25, 0.3) is 33.4 Å². The third kappa shape index (κ3) is 12.4. The largest absolute Gasteiger partial charge is 0.435 e. The molecule has 0 fully saturated rings. The molecule has 16 nitrogen and oxygen atoms in total. The van der Waals surface area contributed by atoms with Gasteiger partial charge in [-0.05, 0) is 121 Å². The highest BCUT2D eigenvalue weighted by atomic mass is 32.2. The molecule has 2 aliphatic rings. The van der Waals surface area contributed by atoms with Gasteiger partial charge in [0.15, 0.2) is 15.5 Å². The smallest absolute Gasteiger partial charge is 0.366 e. The van der Waals surface area contributed by atoms with Crippen molar-refractivity contribution in [3.8, 4) is 33.4 Å². The van der Waals surface area contributed by atoms with Crippen LogP contribution in [0.5, 0.6) is 0 Å². The lowest BCUT2D eigenvalue weighted by Gasteiger charge is -2.24. The normalized spacial score (nSPS) is 15.0. The number of nitrogens with two attached hydrogens (primary N) is 2. The van der Waals surface area contributed by atoms with E-state index in [0.717, 1.165) is 64.5 Å². The molecule has 0 radical (unpaired) electrons. The minimum absolute atomic E-state index is 0.0460. The van der Waals surface area contributed by atoms with Gasteiger partial charge in [0.05, 0.1) is 57.6 Å². The monoisotopic (exact) mass is 1200 g/mol. The summed E-state index contributed by atoms with van der Waals surface area (Å²) < 4.78 is 147. The molecule has 1 unspecified atom stereocenters. The number of primary amides is 2. The molecule has 2 aliphatic heterocycles. The molecule has 8 aromatic rings. The number of anilines is 1. The van der Waals surface area contributed by atoms with E-state index in [1.807, 2.05) is 19.9 Å². The van der Waals surface area contributed by atoms with Crippen LogP contribution in [0.4, 0.5) is 40.8 Å². The molecule has 86 heavy (non-hydrogen) atoms. The zero-order chi connectivity index (χ0) is 61.7. The summed E-state index contributed by atoms with van der Waals surface area (Å²) in [7, 11) is -3.95. The SMILES string of the molecule is Cc1cc(C)c2c(c1)C(CC(=O)N[C@@H](Cc1cc(F)c(-c3cnc([C@H](Cc4cccc(F)c4)NC(=O)Cn4nc(C(F)(F)F)c5c4CCS(=O)(=O)C5)c(-c4ccc(F)c(C(N)=O)c4)c3)c(F)c1)c1ncccc1-c1ccc(F)c(C(N)=O)c1)C(=O)N2. The van der Waals surface area contributed by atoms with Crippen LogP contribution < -0.4 is 27.4 Å². The lowest BCUT2D eigenvalue weighted by Crippen LogP contribution is -2.34. The summed E-state index contributed by atoms with van der Waals surface area (Å²) in [4.78, 5) is 75.6. The quantitative estimate of drug-likeness (QED) is 0.0540. The molecule has 0 bridgehead atoms. The fourth-order valence-electron chi connectivity index (χ4n) is 11.1. The van der Waals surface area contributed by atoms with E-state index in [-0.39, 0.29) is 75.3 Å². The summed E-state index contributed by atoms with van der Waals surface area (Å²) in [6, 6.07) is 18.9. The molecular weight excluding hydrogens is 1150 g/mol. The Balaban J connectivity index is 1.04. The van der Waals surface area contributed by atoms with E-state index in [4.69, 9.17) is 11.5 Å². The number of rotatable bonds is 17.